The van der Waals surface area contributed by atoms with Crippen LogP contribution in [0.4, 0.5) is 5.95 Å². The second-order valence-electron chi connectivity index (χ2n) is 7.54. The highest BCUT2D eigenvalue weighted by molar-refractivity contribution is 6.12. The molecule has 1 heterocycles. The van der Waals surface area contributed by atoms with Crippen molar-refractivity contribution < 1.29 is 14.3 Å². The van der Waals surface area contributed by atoms with Gasteiger partial charge in [0.2, 0.25) is 17.8 Å². The van der Waals surface area contributed by atoms with Crippen LogP contribution in [0.3, 0.4) is 0 Å². The van der Waals surface area contributed by atoms with E-state index in [1.165, 1.54) is 13.8 Å². The molecule has 4 aromatic rings. The van der Waals surface area contributed by atoms with Gasteiger partial charge in [0.15, 0.2) is 0 Å². The third-order valence-corrected chi connectivity index (χ3v) is 5.20. The second-order valence-corrected chi connectivity index (χ2v) is 7.54. The lowest BCUT2D eigenvalue weighted by Gasteiger charge is -2.16. The monoisotopic (exact) mass is 452 g/mol. The molecule has 2 amide bonds. The van der Waals surface area contributed by atoms with Crippen LogP contribution < -0.4 is 9.64 Å². The first-order valence-electron chi connectivity index (χ1n) is 10.7. The minimum atomic E-state index is -0.447. The predicted molar refractivity (Wildman–Crippen MR) is 133 cm³/mol. The quantitative estimate of drug-likeness (QED) is 0.386. The third kappa shape index (κ3) is 4.63. The molecule has 0 bridgehead atoms. The first kappa shape index (κ1) is 22.7. The Hall–Kier alpha value is -4.52. The number of aromatic nitrogens is 2. The fourth-order valence-electron chi connectivity index (χ4n) is 3.62. The fraction of sp³-hybridized carbons (Fsp3) is 0.111. The minimum Gasteiger partial charge on any atom is -0.497 e. The standard InChI is InChI=1S/C27H24N4O3/c1-19(32)30(20(2)33)27-29-25(22-10-6-4-7-11-22)26(23-12-8-5-9-13-23)31(27)28-18-21-14-16-24(34-3)17-15-21/h4-18H,1-3H3. The molecular weight excluding hydrogens is 428 g/mol. The molecule has 7 nitrogen and oxygen atoms in total. The molecule has 0 unspecified atom stereocenters. The molecule has 0 N–H and O–H groups in total. The van der Waals surface area contributed by atoms with E-state index in [0.717, 1.165) is 27.3 Å². The van der Waals surface area contributed by atoms with Gasteiger partial charge in [0.05, 0.1) is 13.3 Å². The number of carbonyl (C=O) groups excluding carboxylic acids is 2. The lowest BCUT2D eigenvalue weighted by atomic mass is 10.1. The molecule has 0 aliphatic rings. The Balaban J connectivity index is 1.98. The first-order chi connectivity index (χ1) is 16.5. The average molecular weight is 453 g/mol. The summed E-state index contributed by atoms with van der Waals surface area (Å²) in [7, 11) is 1.61. The number of hydrogen-bond donors (Lipinski definition) is 0. The summed E-state index contributed by atoms with van der Waals surface area (Å²) in [6.45, 7) is 2.66. The molecule has 0 fully saturated rings. The summed E-state index contributed by atoms with van der Waals surface area (Å²) in [6.07, 6.45) is 1.66. The maximum Gasteiger partial charge on any atom is 0.241 e. The van der Waals surface area contributed by atoms with Crippen LogP contribution in [-0.4, -0.2) is 34.8 Å². The smallest absolute Gasteiger partial charge is 0.241 e. The molecule has 1 aromatic heterocycles. The van der Waals surface area contributed by atoms with Crippen molar-refractivity contribution in [1.82, 2.24) is 9.66 Å². The van der Waals surface area contributed by atoms with Gasteiger partial charge in [-0.1, -0.05) is 60.7 Å². The van der Waals surface area contributed by atoms with Gasteiger partial charge in [-0.15, -0.1) is 0 Å². The van der Waals surface area contributed by atoms with E-state index in [1.54, 1.807) is 18.0 Å². The SMILES string of the molecule is COc1ccc(C=Nn2c(N(C(C)=O)C(C)=O)nc(-c3ccccc3)c2-c2ccccc2)cc1. The third-order valence-electron chi connectivity index (χ3n) is 5.20. The molecular formula is C27H24N4O3. The summed E-state index contributed by atoms with van der Waals surface area (Å²) in [5.41, 5.74) is 3.78. The van der Waals surface area contributed by atoms with E-state index >= 15 is 0 Å². The number of anilines is 1. The van der Waals surface area contributed by atoms with Crippen molar-refractivity contribution in [3.05, 3.63) is 90.5 Å². The van der Waals surface area contributed by atoms with Crippen LogP contribution in [0.15, 0.2) is 90.0 Å². The summed E-state index contributed by atoms with van der Waals surface area (Å²) in [4.78, 5) is 30.7. The Morgan fingerprint density at radius 1 is 0.853 bits per heavy atom. The molecule has 0 atom stereocenters. The van der Waals surface area contributed by atoms with Gasteiger partial charge < -0.3 is 4.74 Å². The number of nitrogens with zero attached hydrogens (tertiary/aromatic N) is 4. The number of ether oxygens (including phenoxy) is 1. The molecule has 0 saturated carbocycles. The maximum atomic E-state index is 12.5. The molecule has 4 rings (SSSR count). The normalized spacial score (nSPS) is 10.9. The zero-order valence-corrected chi connectivity index (χ0v) is 19.2. The van der Waals surface area contributed by atoms with Crippen molar-refractivity contribution in [2.24, 2.45) is 5.10 Å². The summed E-state index contributed by atoms with van der Waals surface area (Å²) >= 11 is 0. The zero-order chi connectivity index (χ0) is 24.1. The lowest BCUT2D eigenvalue weighted by molar-refractivity contribution is -0.124. The molecule has 0 radical (unpaired) electrons. The van der Waals surface area contributed by atoms with Gasteiger partial charge in [-0.05, 0) is 29.8 Å². The van der Waals surface area contributed by atoms with Crippen LogP contribution in [0.5, 0.6) is 5.75 Å². The topological polar surface area (TPSA) is 76.8 Å². The van der Waals surface area contributed by atoms with Crippen LogP contribution in [-0.2, 0) is 9.59 Å². The minimum absolute atomic E-state index is 0.127. The average Bonchev–Trinajstić information content (AvgIpc) is 3.22. The number of amides is 2. The van der Waals surface area contributed by atoms with Crippen molar-refractivity contribution in [2.45, 2.75) is 13.8 Å². The number of benzene rings is 3. The van der Waals surface area contributed by atoms with Gasteiger partial charge in [-0.2, -0.15) is 9.78 Å². The van der Waals surface area contributed by atoms with Gasteiger partial charge in [-0.25, -0.2) is 9.88 Å². The van der Waals surface area contributed by atoms with Gasteiger partial charge in [-0.3, -0.25) is 9.59 Å². The summed E-state index contributed by atoms with van der Waals surface area (Å²) in [5.74, 6) is -0.0335. The molecule has 34 heavy (non-hydrogen) atoms. The Labute approximate surface area is 197 Å². The summed E-state index contributed by atoms with van der Waals surface area (Å²) in [5, 5.41) is 4.68. The number of imide groups is 1. The molecule has 0 saturated heterocycles. The molecule has 7 heteroatoms. The highest BCUT2D eigenvalue weighted by Crippen LogP contribution is 2.36. The number of rotatable bonds is 6. The van der Waals surface area contributed by atoms with Crippen molar-refractivity contribution in [1.29, 1.82) is 0 Å². The van der Waals surface area contributed by atoms with Gasteiger partial charge in [0, 0.05) is 25.0 Å². The number of carbonyl (C=O) groups is 2. The predicted octanol–water partition coefficient (Wildman–Crippen LogP) is 5.01. The lowest BCUT2D eigenvalue weighted by Crippen LogP contribution is -2.35. The number of methoxy groups -OCH3 is 1. The highest BCUT2D eigenvalue weighted by Gasteiger charge is 2.28. The highest BCUT2D eigenvalue weighted by atomic mass is 16.5. The van der Waals surface area contributed by atoms with E-state index in [-0.39, 0.29) is 5.95 Å². The van der Waals surface area contributed by atoms with Crippen LogP contribution in [0.1, 0.15) is 19.4 Å². The van der Waals surface area contributed by atoms with Gasteiger partial charge in [0.25, 0.3) is 0 Å². The van der Waals surface area contributed by atoms with Crippen molar-refractivity contribution in [2.75, 3.05) is 12.0 Å². The van der Waals surface area contributed by atoms with E-state index < -0.39 is 11.8 Å². The molecule has 0 aliphatic heterocycles. The van der Waals surface area contributed by atoms with E-state index in [9.17, 15) is 9.59 Å². The fourth-order valence-corrected chi connectivity index (χ4v) is 3.62. The van der Waals surface area contributed by atoms with Gasteiger partial charge >= 0.3 is 0 Å². The summed E-state index contributed by atoms with van der Waals surface area (Å²) in [6, 6.07) is 26.7. The largest absolute Gasteiger partial charge is 0.497 e. The Morgan fingerprint density at radius 3 is 1.94 bits per heavy atom. The second kappa shape index (κ2) is 9.95. The molecule has 0 spiro atoms. The number of hydrogen-bond acceptors (Lipinski definition) is 5. The molecule has 3 aromatic carbocycles. The van der Waals surface area contributed by atoms with E-state index in [4.69, 9.17) is 9.72 Å². The number of imidazole rings is 1. The van der Waals surface area contributed by atoms with E-state index in [1.807, 2.05) is 84.9 Å². The van der Waals surface area contributed by atoms with E-state index in [0.29, 0.717) is 11.4 Å². The van der Waals surface area contributed by atoms with Crippen molar-refractivity contribution in [3.8, 4) is 28.3 Å². The molecule has 170 valence electrons. The zero-order valence-electron chi connectivity index (χ0n) is 19.2. The van der Waals surface area contributed by atoms with Crippen LogP contribution in [0.25, 0.3) is 22.5 Å². The maximum absolute atomic E-state index is 12.5. The van der Waals surface area contributed by atoms with Crippen molar-refractivity contribution in [3.63, 3.8) is 0 Å². The Bertz CT molecular complexity index is 1310. The molecule has 0 aliphatic carbocycles. The van der Waals surface area contributed by atoms with Crippen molar-refractivity contribution >= 4 is 24.0 Å². The van der Waals surface area contributed by atoms with Gasteiger partial charge in [0.1, 0.15) is 17.1 Å². The van der Waals surface area contributed by atoms with Crippen LogP contribution in [0.2, 0.25) is 0 Å². The van der Waals surface area contributed by atoms with E-state index in [2.05, 4.69) is 5.10 Å². The summed E-state index contributed by atoms with van der Waals surface area (Å²) < 4.78 is 6.77. The Kier molecular flexibility index (Phi) is 6.64. The van der Waals surface area contributed by atoms with Crippen LogP contribution in [0, 0.1) is 0 Å². The van der Waals surface area contributed by atoms with Crippen LogP contribution >= 0.6 is 0 Å². The Morgan fingerprint density at radius 2 is 1.41 bits per heavy atom. The first-order valence-corrected chi connectivity index (χ1v) is 10.7.